The molecule has 0 aliphatic carbocycles. The van der Waals surface area contributed by atoms with Gasteiger partial charge in [0, 0.05) is 19.4 Å². The Morgan fingerprint density at radius 3 is 2.71 bits per heavy atom. The largest absolute Gasteiger partial charge is 0.416 e. The number of piperidine rings is 1. The monoisotopic (exact) mass is 411 g/mol. The van der Waals surface area contributed by atoms with Crippen LogP contribution in [0.25, 0.3) is 0 Å². The normalized spacial score (nSPS) is 15.6. The Labute approximate surface area is 166 Å². The number of halogens is 3. The number of hydrogen-bond acceptors (Lipinski definition) is 4. The third kappa shape index (κ3) is 5.78. The molecule has 0 radical (unpaired) electrons. The van der Waals surface area contributed by atoms with Crippen molar-refractivity contribution in [3.8, 4) is 0 Å². The smallest absolute Gasteiger partial charge is 0.316 e. The summed E-state index contributed by atoms with van der Waals surface area (Å²) in [6, 6.07) is 5.27. The molecule has 1 saturated heterocycles. The predicted molar refractivity (Wildman–Crippen MR) is 105 cm³/mol. The first-order chi connectivity index (χ1) is 13.3. The summed E-state index contributed by atoms with van der Waals surface area (Å²) in [7, 11) is 0. The number of anilines is 1. The Kier molecular flexibility index (Phi) is 6.72. The van der Waals surface area contributed by atoms with Gasteiger partial charge in [-0.25, -0.2) is 4.98 Å². The number of rotatable bonds is 6. The van der Waals surface area contributed by atoms with Crippen LogP contribution in [0.1, 0.15) is 47.5 Å². The highest BCUT2D eigenvalue weighted by molar-refractivity contribution is 7.16. The van der Waals surface area contributed by atoms with Crippen molar-refractivity contribution in [2.45, 2.75) is 45.2 Å². The van der Waals surface area contributed by atoms with Crippen molar-refractivity contribution in [2.24, 2.45) is 0 Å². The van der Waals surface area contributed by atoms with E-state index in [0.717, 1.165) is 31.8 Å². The zero-order valence-electron chi connectivity index (χ0n) is 15.8. The number of aromatic nitrogens is 1. The number of aryl methyl sites for hydroxylation is 1. The number of nitrogens with one attached hydrogen (secondary N) is 1. The van der Waals surface area contributed by atoms with Gasteiger partial charge in [-0.2, -0.15) is 13.2 Å². The van der Waals surface area contributed by atoms with Gasteiger partial charge in [0.15, 0.2) is 0 Å². The molecule has 8 heteroatoms. The molecular weight excluding hydrogens is 387 g/mol. The van der Waals surface area contributed by atoms with Crippen LogP contribution in [0.3, 0.4) is 0 Å². The minimum absolute atomic E-state index is 0.0528. The van der Waals surface area contributed by atoms with Crippen LogP contribution in [0.5, 0.6) is 0 Å². The maximum atomic E-state index is 12.9. The van der Waals surface area contributed by atoms with Gasteiger partial charge in [0.05, 0.1) is 16.3 Å². The van der Waals surface area contributed by atoms with Crippen LogP contribution >= 0.6 is 11.3 Å². The second kappa shape index (κ2) is 9.05. The van der Waals surface area contributed by atoms with Gasteiger partial charge in [-0.05, 0) is 44.5 Å². The maximum Gasteiger partial charge on any atom is 0.416 e. The van der Waals surface area contributed by atoms with E-state index < -0.39 is 11.7 Å². The highest BCUT2D eigenvalue weighted by atomic mass is 32.1. The molecule has 0 saturated carbocycles. The molecule has 1 aromatic heterocycles. The molecule has 0 unspecified atom stereocenters. The van der Waals surface area contributed by atoms with Gasteiger partial charge in [-0.3, -0.25) is 4.79 Å². The fourth-order valence-corrected chi connectivity index (χ4v) is 4.32. The number of likely N-dealkylation sites (tertiary alicyclic amines) is 1. The van der Waals surface area contributed by atoms with Crippen LogP contribution in [0.4, 0.5) is 18.2 Å². The maximum absolute atomic E-state index is 12.9. The van der Waals surface area contributed by atoms with E-state index in [1.165, 1.54) is 36.7 Å². The highest BCUT2D eigenvalue weighted by Gasteiger charge is 2.30. The number of carbonyl (C=O) groups excluding carboxylic acids is 1. The van der Waals surface area contributed by atoms with E-state index in [9.17, 15) is 18.0 Å². The van der Waals surface area contributed by atoms with Gasteiger partial charge >= 0.3 is 6.18 Å². The first-order valence-corrected chi connectivity index (χ1v) is 10.3. The van der Waals surface area contributed by atoms with E-state index in [1.807, 2.05) is 0 Å². The Morgan fingerprint density at radius 1 is 1.25 bits per heavy atom. The van der Waals surface area contributed by atoms with Crippen molar-refractivity contribution < 1.29 is 18.0 Å². The number of hydrogen-bond donors (Lipinski definition) is 1. The molecule has 2 heterocycles. The number of thiazole rings is 1. The Hall–Kier alpha value is -1.93. The Bertz CT molecular complexity index is 813. The lowest BCUT2D eigenvalue weighted by Crippen LogP contribution is -2.32. The first kappa shape index (κ1) is 20.8. The number of nitrogens with zero attached hydrogens (tertiary/aromatic N) is 2. The molecule has 2 aromatic rings. The first-order valence-electron chi connectivity index (χ1n) is 9.46. The van der Waals surface area contributed by atoms with Gasteiger partial charge in [0.25, 0.3) is 0 Å². The van der Waals surface area contributed by atoms with Crippen molar-refractivity contribution in [1.29, 1.82) is 0 Å². The number of benzene rings is 1. The average Bonchev–Trinajstić information content (AvgIpc) is 2.99. The molecular formula is C20H24F3N3OS. The zero-order chi connectivity index (χ0) is 20.1. The van der Waals surface area contributed by atoms with Crippen LogP contribution in [0.15, 0.2) is 24.3 Å². The van der Waals surface area contributed by atoms with Crippen LogP contribution in [-0.4, -0.2) is 35.4 Å². The summed E-state index contributed by atoms with van der Waals surface area (Å²) in [5, 5.41) is 4.26. The fraction of sp³-hybridized carbons (Fsp3) is 0.500. The van der Waals surface area contributed by atoms with Crippen molar-refractivity contribution in [3.63, 3.8) is 0 Å². The molecule has 1 amide bonds. The summed E-state index contributed by atoms with van der Waals surface area (Å²) >= 11 is 1.32. The molecule has 0 bridgehead atoms. The molecule has 152 valence electrons. The molecule has 1 aromatic carbocycles. The van der Waals surface area contributed by atoms with E-state index in [-0.39, 0.29) is 5.91 Å². The van der Waals surface area contributed by atoms with Crippen LogP contribution in [-0.2, 0) is 17.4 Å². The lowest BCUT2D eigenvalue weighted by Gasteiger charge is -2.25. The third-order valence-corrected chi connectivity index (χ3v) is 5.88. The lowest BCUT2D eigenvalue weighted by molar-refractivity contribution is -0.137. The van der Waals surface area contributed by atoms with Gasteiger partial charge in [-0.1, -0.05) is 24.6 Å². The minimum Gasteiger partial charge on any atom is -0.316 e. The van der Waals surface area contributed by atoms with Crippen LogP contribution in [0.2, 0.25) is 0 Å². The lowest BCUT2D eigenvalue weighted by atomic mass is 10.1. The quantitative estimate of drug-likeness (QED) is 0.737. The van der Waals surface area contributed by atoms with E-state index >= 15 is 0 Å². The fourth-order valence-electron chi connectivity index (χ4n) is 3.31. The molecule has 0 atom stereocenters. The Balaban J connectivity index is 1.57. The highest BCUT2D eigenvalue weighted by Crippen LogP contribution is 2.31. The van der Waals surface area contributed by atoms with Crippen molar-refractivity contribution in [2.75, 3.05) is 25.0 Å². The van der Waals surface area contributed by atoms with E-state index in [1.54, 1.807) is 13.0 Å². The van der Waals surface area contributed by atoms with Crippen molar-refractivity contribution in [3.05, 3.63) is 46.1 Å². The van der Waals surface area contributed by atoms with Crippen molar-refractivity contribution in [1.82, 2.24) is 9.88 Å². The molecule has 0 spiro atoms. The molecule has 1 aliphatic heterocycles. The van der Waals surface area contributed by atoms with Gasteiger partial charge in [-0.15, -0.1) is 11.3 Å². The van der Waals surface area contributed by atoms with Gasteiger partial charge in [0.2, 0.25) is 5.91 Å². The molecule has 4 nitrogen and oxygen atoms in total. The van der Waals surface area contributed by atoms with Crippen LogP contribution < -0.4 is 5.32 Å². The van der Waals surface area contributed by atoms with E-state index in [2.05, 4.69) is 15.2 Å². The molecule has 1 N–H and O–H groups in total. The average molecular weight is 411 g/mol. The zero-order valence-corrected chi connectivity index (χ0v) is 16.6. The molecule has 1 aliphatic rings. The number of carbonyl (C=O) groups is 1. The summed E-state index contributed by atoms with van der Waals surface area (Å²) in [5.74, 6) is -0.0528. The van der Waals surface area contributed by atoms with Crippen LogP contribution in [0, 0.1) is 6.92 Å². The predicted octanol–water partition coefficient (Wildman–Crippen LogP) is 4.88. The standard InChI is InChI=1S/C20H24F3N3OS/c1-14-19(25-17(27)8-11-26-9-3-2-4-10-26)28-18(24-14)13-15-6-5-7-16(12-15)20(21,22)23/h5-7,12H,2-4,8-11,13H2,1H3,(H,25,27). The van der Waals surface area contributed by atoms with Gasteiger partial charge in [0.1, 0.15) is 5.00 Å². The summed E-state index contributed by atoms with van der Waals surface area (Å²) in [6.45, 7) is 4.65. The SMILES string of the molecule is Cc1nc(Cc2cccc(C(F)(F)F)c2)sc1NC(=O)CCN1CCCCC1. The summed E-state index contributed by atoms with van der Waals surface area (Å²) in [4.78, 5) is 19.0. The molecule has 28 heavy (non-hydrogen) atoms. The third-order valence-electron chi connectivity index (χ3n) is 4.81. The summed E-state index contributed by atoms with van der Waals surface area (Å²) in [6.07, 6.45) is 0.0159. The second-order valence-corrected chi connectivity index (χ2v) is 8.18. The van der Waals surface area contributed by atoms with Gasteiger partial charge < -0.3 is 10.2 Å². The van der Waals surface area contributed by atoms with E-state index in [4.69, 9.17) is 0 Å². The minimum atomic E-state index is -4.36. The topological polar surface area (TPSA) is 45.2 Å². The number of alkyl halides is 3. The summed E-state index contributed by atoms with van der Waals surface area (Å²) in [5.41, 5.74) is 0.578. The number of amides is 1. The van der Waals surface area contributed by atoms with Crippen molar-refractivity contribution >= 4 is 22.2 Å². The molecule has 3 rings (SSSR count). The van der Waals surface area contributed by atoms with E-state index in [0.29, 0.717) is 34.1 Å². The summed E-state index contributed by atoms with van der Waals surface area (Å²) < 4.78 is 38.6. The Morgan fingerprint density at radius 2 is 2.00 bits per heavy atom. The molecule has 1 fully saturated rings. The second-order valence-electron chi connectivity index (χ2n) is 7.10.